The largest absolute Gasteiger partial charge is 0.315 e. The highest BCUT2D eigenvalue weighted by atomic mass is 35.5. The molecule has 0 bridgehead atoms. The van der Waals surface area contributed by atoms with Gasteiger partial charge < -0.3 is 5.32 Å². The van der Waals surface area contributed by atoms with Crippen LogP contribution < -0.4 is 10.9 Å². The van der Waals surface area contributed by atoms with E-state index in [1.165, 1.54) is 22.9 Å². The van der Waals surface area contributed by atoms with Gasteiger partial charge in [-0.3, -0.25) is 14.3 Å². The van der Waals surface area contributed by atoms with Gasteiger partial charge in [0.25, 0.3) is 11.5 Å². The Morgan fingerprint density at radius 2 is 1.89 bits per heavy atom. The zero-order valence-corrected chi connectivity index (χ0v) is 16.6. The van der Waals surface area contributed by atoms with Gasteiger partial charge in [0.2, 0.25) is 0 Å². The molecule has 1 N–H and O–H groups in total. The van der Waals surface area contributed by atoms with Gasteiger partial charge in [-0.05, 0) is 37.3 Å². The second-order valence-electron chi connectivity index (χ2n) is 6.28. The molecule has 2 aromatic carbocycles. The Bertz CT molecular complexity index is 1270. The Kier molecular flexibility index (Phi) is 4.56. The van der Waals surface area contributed by atoms with Crippen molar-refractivity contribution < 1.29 is 9.18 Å². The van der Waals surface area contributed by atoms with Gasteiger partial charge in [-0.15, -0.1) is 11.3 Å². The molecule has 0 fully saturated rings. The number of amides is 1. The predicted octanol–water partition coefficient (Wildman–Crippen LogP) is 4.74. The summed E-state index contributed by atoms with van der Waals surface area (Å²) in [7, 11) is 1.74. The Hall–Kier alpha value is -2.90. The van der Waals surface area contributed by atoms with E-state index in [4.69, 9.17) is 11.6 Å². The third kappa shape index (κ3) is 2.93. The first-order valence-electron chi connectivity index (χ1n) is 8.41. The fourth-order valence-electron chi connectivity index (χ4n) is 3.07. The Morgan fingerprint density at radius 1 is 1.18 bits per heavy atom. The number of para-hydroxylation sites is 1. The molecule has 1 amide bonds. The number of carbonyl (C=O) groups excluding carboxylic acids is 1. The zero-order chi connectivity index (χ0) is 20.0. The highest BCUT2D eigenvalue weighted by Crippen LogP contribution is 2.36. The topological polar surface area (TPSA) is 56.0 Å². The summed E-state index contributed by atoms with van der Waals surface area (Å²) < 4.78 is 17.2. The first-order chi connectivity index (χ1) is 13.4. The maximum atomic E-state index is 13.5. The van der Waals surface area contributed by atoms with Gasteiger partial charge in [-0.1, -0.05) is 29.8 Å². The number of hydrogen-bond donors (Lipinski definition) is 1. The van der Waals surface area contributed by atoms with Crippen molar-refractivity contribution in [1.82, 2.24) is 9.36 Å². The Morgan fingerprint density at radius 3 is 2.61 bits per heavy atom. The number of anilines is 1. The third-order valence-corrected chi connectivity index (χ3v) is 6.25. The lowest BCUT2D eigenvalue weighted by Crippen LogP contribution is -2.22. The summed E-state index contributed by atoms with van der Waals surface area (Å²) in [4.78, 5) is 26.0. The van der Waals surface area contributed by atoms with Crippen molar-refractivity contribution in [2.75, 3.05) is 5.32 Å². The number of thiophene rings is 1. The van der Waals surface area contributed by atoms with Crippen LogP contribution in [0, 0.1) is 12.7 Å². The second kappa shape index (κ2) is 6.92. The van der Waals surface area contributed by atoms with E-state index in [9.17, 15) is 14.0 Å². The average Bonchev–Trinajstić information content (AvgIpc) is 3.11. The molecule has 0 aliphatic carbocycles. The molecule has 0 radical (unpaired) electrons. The number of halogens is 2. The summed E-state index contributed by atoms with van der Waals surface area (Å²) in [5.74, 6) is -0.903. The Balaban J connectivity index is 1.75. The fraction of sp³-hybridized carbons (Fsp3) is 0.100. The monoisotopic (exact) mass is 415 g/mol. The van der Waals surface area contributed by atoms with Gasteiger partial charge in [0.1, 0.15) is 16.4 Å². The lowest BCUT2D eigenvalue weighted by Gasteiger charge is -2.07. The fourth-order valence-corrected chi connectivity index (χ4v) is 4.50. The van der Waals surface area contributed by atoms with E-state index in [2.05, 4.69) is 5.32 Å². The van der Waals surface area contributed by atoms with Gasteiger partial charge in [-0.25, -0.2) is 9.07 Å². The summed E-state index contributed by atoms with van der Waals surface area (Å²) in [6.45, 7) is 1.75. The molecule has 2 aromatic heterocycles. The SMILES string of the molecule is Cc1c(NC(=O)c2sc3cc(F)ccc3c2Cl)c(=O)n(-c2ccccc2)n1C. The van der Waals surface area contributed by atoms with Gasteiger partial charge in [0, 0.05) is 17.1 Å². The van der Waals surface area contributed by atoms with E-state index >= 15 is 0 Å². The minimum absolute atomic E-state index is 0.177. The predicted molar refractivity (Wildman–Crippen MR) is 110 cm³/mol. The molecule has 0 aliphatic heterocycles. The van der Waals surface area contributed by atoms with Gasteiger partial charge in [-0.2, -0.15) is 0 Å². The van der Waals surface area contributed by atoms with Crippen LogP contribution in [0.15, 0.2) is 53.3 Å². The normalized spacial score (nSPS) is 11.1. The van der Waals surface area contributed by atoms with Crippen molar-refractivity contribution in [3.63, 3.8) is 0 Å². The molecule has 5 nitrogen and oxygen atoms in total. The summed E-state index contributed by atoms with van der Waals surface area (Å²) >= 11 is 7.41. The molecular formula is C20H15ClFN3O2S. The Labute approximate surface area is 168 Å². The molecule has 0 spiro atoms. The number of nitrogens with one attached hydrogen (secondary N) is 1. The van der Waals surface area contributed by atoms with E-state index in [-0.39, 0.29) is 21.1 Å². The molecule has 0 saturated heterocycles. The quantitative estimate of drug-likeness (QED) is 0.525. The minimum atomic E-state index is -0.502. The van der Waals surface area contributed by atoms with Crippen LogP contribution in [0.1, 0.15) is 15.4 Å². The summed E-state index contributed by atoms with van der Waals surface area (Å²) in [5, 5.41) is 3.53. The molecule has 28 heavy (non-hydrogen) atoms. The number of rotatable bonds is 3. The summed E-state index contributed by atoms with van der Waals surface area (Å²) in [6, 6.07) is 13.3. The highest BCUT2D eigenvalue weighted by molar-refractivity contribution is 7.21. The molecule has 4 rings (SSSR count). The lowest BCUT2D eigenvalue weighted by atomic mass is 10.2. The van der Waals surface area contributed by atoms with E-state index in [1.54, 1.807) is 18.7 Å². The van der Waals surface area contributed by atoms with Crippen LogP contribution in [0.2, 0.25) is 5.02 Å². The number of carbonyl (C=O) groups is 1. The van der Waals surface area contributed by atoms with Crippen molar-refractivity contribution in [2.24, 2.45) is 7.05 Å². The van der Waals surface area contributed by atoms with Crippen molar-refractivity contribution in [1.29, 1.82) is 0 Å². The second-order valence-corrected chi connectivity index (χ2v) is 7.71. The van der Waals surface area contributed by atoms with Crippen molar-refractivity contribution in [3.8, 4) is 5.69 Å². The molecule has 0 unspecified atom stereocenters. The minimum Gasteiger partial charge on any atom is -0.315 e. The van der Waals surface area contributed by atoms with Crippen LogP contribution in [0.4, 0.5) is 10.1 Å². The van der Waals surface area contributed by atoms with Crippen LogP contribution in [0.25, 0.3) is 15.8 Å². The van der Waals surface area contributed by atoms with Crippen LogP contribution in [0.3, 0.4) is 0 Å². The maximum absolute atomic E-state index is 13.5. The van der Waals surface area contributed by atoms with Crippen molar-refractivity contribution >= 4 is 44.6 Å². The number of nitrogens with zero attached hydrogens (tertiary/aromatic N) is 2. The number of aromatic nitrogens is 2. The first-order valence-corrected chi connectivity index (χ1v) is 9.61. The van der Waals surface area contributed by atoms with E-state index in [0.717, 1.165) is 11.3 Å². The maximum Gasteiger partial charge on any atom is 0.295 e. The third-order valence-electron chi connectivity index (χ3n) is 4.59. The molecule has 0 aliphatic rings. The van der Waals surface area contributed by atoms with Crippen LogP contribution >= 0.6 is 22.9 Å². The number of benzene rings is 2. The molecule has 8 heteroatoms. The van der Waals surface area contributed by atoms with Gasteiger partial charge in [0.05, 0.1) is 16.4 Å². The molecule has 142 valence electrons. The van der Waals surface area contributed by atoms with Crippen molar-refractivity contribution in [3.05, 3.63) is 80.3 Å². The van der Waals surface area contributed by atoms with Crippen molar-refractivity contribution in [2.45, 2.75) is 6.92 Å². The number of hydrogen-bond acceptors (Lipinski definition) is 3. The van der Waals surface area contributed by atoms with E-state index in [0.29, 0.717) is 21.5 Å². The van der Waals surface area contributed by atoms with E-state index < -0.39 is 11.7 Å². The lowest BCUT2D eigenvalue weighted by molar-refractivity contribution is 0.103. The van der Waals surface area contributed by atoms with E-state index in [1.807, 2.05) is 30.3 Å². The van der Waals surface area contributed by atoms with Crippen LogP contribution in [0.5, 0.6) is 0 Å². The number of fused-ring (bicyclic) bond motifs is 1. The summed E-state index contributed by atoms with van der Waals surface area (Å²) in [6.07, 6.45) is 0. The summed E-state index contributed by atoms with van der Waals surface area (Å²) in [5.41, 5.74) is 1.12. The highest BCUT2D eigenvalue weighted by Gasteiger charge is 2.22. The standard InChI is InChI=1S/C20H15ClFN3O2S/c1-11-17(20(27)25(24(11)2)13-6-4-3-5-7-13)23-19(26)18-16(21)14-9-8-12(22)10-15(14)28-18/h3-10H,1-2H3,(H,23,26). The van der Waals surface area contributed by atoms with Crippen LogP contribution in [-0.4, -0.2) is 15.3 Å². The van der Waals surface area contributed by atoms with Gasteiger partial charge >= 0.3 is 0 Å². The van der Waals surface area contributed by atoms with Gasteiger partial charge in [0.15, 0.2) is 0 Å². The average molecular weight is 416 g/mol. The molecule has 2 heterocycles. The zero-order valence-electron chi connectivity index (χ0n) is 15.0. The molecule has 0 atom stereocenters. The molecule has 0 saturated carbocycles. The first kappa shape index (κ1) is 18.5. The van der Waals surface area contributed by atoms with Crippen LogP contribution in [-0.2, 0) is 7.05 Å². The molecule has 4 aromatic rings. The molecular weight excluding hydrogens is 401 g/mol. The smallest absolute Gasteiger partial charge is 0.295 e.